The highest BCUT2D eigenvalue weighted by Crippen LogP contribution is 2.42. The van der Waals surface area contributed by atoms with Crippen LogP contribution in [0.15, 0.2) is 30.3 Å². The normalized spacial score (nSPS) is 15.9. The number of urea groups is 1. The number of nitrogens with one attached hydrogen (secondary N) is 3. The molecule has 1 atom stereocenters. The number of H-pyrrole nitrogens is 1. The first-order valence-corrected chi connectivity index (χ1v) is 10.1. The van der Waals surface area contributed by atoms with E-state index in [0.29, 0.717) is 47.5 Å². The Labute approximate surface area is 177 Å². The van der Waals surface area contributed by atoms with E-state index in [-0.39, 0.29) is 12.4 Å². The SMILES string of the molecule is CCOc1n[nH]c2cc(NC(=O)N[C@@H](c3ccc(F)cc3)C3(O)CCC3)nc(CO)c12. The van der Waals surface area contributed by atoms with Crippen LogP contribution in [0.25, 0.3) is 10.9 Å². The fourth-order valence-electron chi connectivity index (χ4n) is 3.81. The van der Waals surface area contributed by atoms with Gasteiger partial charge in [-0.15, -0.1) is 5.10 Å². The number of hydrogen-bond acceptors (Lipinski definition) is 6. The number of amides is 2. The number of carbonyl (C=O) groups is 1. The number of pyridine rings is 1. The Morgan fingerprint density at radius 2 is 2.10 bits per heavy atom. The zero-order valence-corrected chi connectivity index (χ0v) is 17.0. The molecule has 4 rings (SSSR count). The standard InChI is InChI=1S/C21H24FN5O4/c1-2-31-19-17-14(26-27-19)10-16(23-15(17)11-28)24-20(29)25-18(21(30)8-3-9-21)12-4-6-13(22)7-5-12/h4-7,10,18,28,30H,2-3,8-9,11H2,1H3,(H,26,27)(H2,23,24,25,29)/t18-/m0/s1. The van der Waals surface area contributed by atoms with E-state index in [1.165, 1.54) is 12.1 Å². The molecular weight excluding hydrogens is 405 g/mol. The molecule has 0 aliphatic heterocycles. The number of hydrogen-bond donors (Lipinski definition) is 5. The number of halogens is 1. The number of aliphatic hydroxyl groups is 2. The zero-order valence-electron chi connectivity index (χ0n) is 17.0. The summed E-state index contributed by atoms with van der Waals surface area (Å²) in [5.41, 5.74) is 0.356. The predicted molar refractivity (Wildman–Crippen MR) is 111 cm³/mol. The summed E-state index contributed by atoms with van der Waals surface area (Å²) in [5, 5.41) is 33.4. The summed E-state index contributed by atoms with van der Waals surface area (Å²) in [7, 11) is 0. The van der Waals surface area contributed by atoms with E-state index >= 15 is 0 Å². The van der Waals surface area contributed by atoms with Crippen molar-refractivity contribution >= 4 is 22.8 Å². The van der Waals surface area contributed by atoms with Crippen LogP contribution in [0.2, 0.25) is 0 Å². The number of aliphatic hydroxyl groups excluding tert-OH is 1. The first kappa shape index (κ1) is 21.0. The molecule has 0 bridgehead atoms. The summed E-state index contributed by atoms with van der Waals surface area (Å²) in [6.07, 6.45) is 1.91. The van der Waals surface area contributed by atoms with Crippen molar-refractivity contribution in [1.29, 1.82) is 0 Å². The largest absolute Gasteiger partial charge is 0.476 e. The number of ether oxygens (including phenoxy) is 1. The van der Waals surface area contributed by atoms with Crippen LogP contribution in [0.4, 0.5) is 15.0 Å². The van der Waals surface area contributed by atoms with Gasteiger partial charge in [0.2, 0.25) is 5.88 Å². The lowest BCUT2D eigenvalue weighted by Gasteiger charge is -2.43. The van der Waals surface area contributed by atoms with Crippen LogP contribution in [0.3, 0.4) is 0 Å². The molecule has 164 valence electrons. The van der Waals surface area contributed by atoms with Gasteiger partial charge in [-0.3, -0.25) is 10.4 Å². The highest BCUT2D eigenvalue weighted by Gasteiger charge is 2.44. The summed E-state index contributed by atoms with van der Waals surface area (Å²) in [4.78, 5) is 17.0. The Hall–Kier alpha value is -3.24. The van der Waals surface area contributed by atoms with Crippen molar-refractivity contribution in [2.45, 2.75) is 44.4 Å². The molecule has 9 nitrogen and oxygen atoms in total. The molecule has 0 unspecified atom stereocenters. The van der Waals surface area contributed by atoms with Crippen molar-refractivity contribution in [3.05, 3.63) is 47.4 Å². The van der Waals surface area contributed by atoms with Crippen LogP contribution in [0.5, 0.6) is 5.88 Å². The minimum Gasteiger partial charge on any atom is -0.476 e. The van der Waals surface area contributed by atoms with Crippen molar-refractivity contribution in [1.82, 2.24) is 20.5 Å². The van der Waals surface area contributed by atoms with Gasteiger partial charge < -0.3 is 20.3 Å². The second-order valence-electron chi connectivity index (χ2n) is 7.54. The molecule has 1 aromatic carbocycles. The second kappa shape index (κ2) is 8.48. The molecule has 1 aliphatic carbocycles. The van der Waals surface area contributed by atoms with E-state index in [1.54, 1.807) is 18.2 Å². The summed E-state index contributed by atoms with van der Waals surface area (Å²) in [6.45, 7) is 1.85. The van der Waals surface area contributed by atoms with E-state index in [9.17, 15) is 19.4 Å². The number of fused-ring (bicyclic) bond motifs is 1. The summed E-state index contributed by atoms with van der Waals surface area (Å²) < 4.78 is 18.8. The molecule has 1 aliphatic rings. The molecule has 31 heavy (non-hydrogen) atoms. The first-order valence-electron chi connectivity index (χ1n) is 10.1. The highest BCUT2D eigenvalue weighted by molar-refractivity contribution is 5.93. The molecule has 0 saturated heterocycles. The van der Waals surface area contributed by atoms with E-state index in [1.807, 2.05) is 6.92 Å². The van der Waals surface area contributed by atoms with Gasteiger partial charge in [0.05, 0.1) is 41.5 Å². The van der Waals surface area contributed by atoms with Crippen LogP contribution >= 0.6 is 0 Å². The van der Waals surface area contributed by atoms with Crippen molar-refractivity contribution in [2.24, 2.45) is 0 Å². The number of carbonyl (C=O) groups excluding carboxylic acids is 1. The average Bonchev–Trinajstić information content (AvgIpc) is 3.13. The van der Waals surface area contributed by atoms with Gasteiger partial charge in [0.25, 0.3) is 0 Å². The Bertz CT molecular complexity index is 1080. The lowest BCUT2D eigenvalue weighted by atomic mass is 9.72. The van der Waals surface area contributed by atoms with Crippen molar-refractivity contribution in [3.63, 3.8) is 0 Å². The van der Waals surface area contributed by atoms with Gasteiger partial charge in [0.15, 0.2) is 0 Å². The number of nitrogens with zero attached hydrogens (tertiary/aromatic N) is 2. The number of anilines is 1. The number of rotatable bonds is 7. The minimum atomic E-state index is -1.10. The van der Waals surface area contributed by atoms with Gasteiger partial charge in [-0.25, -0.2) is 14.2 Å². The fourth-order valence-corrected chi connectivity index (χ4v) is 3.81. The third kappa shape index (κ3) is 4.17. The second-order valence-corrected chi connectivity index (χ2v) is 7.54. The molecule has 5 N–H and O–H groups in total. The van der Waals surface area contributed by atoms with Gasteiger partial charge in [-0.2, -0.15) is 0 Å². The lowest BCUT2D eigenvalue weighted by molar-refractivity contribution is -0.0627. The molecule has 2 amide bonds. The molecule has 3 aromatic rings. The number of benzene rings is 1. The van der Waals surface area contributed by atoms with Crippen LogP contribution < -0.4 is 15.4 Å². The third-order valence-electron chi connectivity index (χ3n) is 5.49. The monoisotopic (exact) mass is 429 g/mol. The Kier molecular flexibility index (Phi) is 5.75. The van der Waals surface area contributed by atoms with Gasteiger partial charge in [0.1, 0.15) is 11.6 Å². The predicted octanol–water partition coefficient (Wildman–Crippen LogP) is 2.77. The Morgan fingerprint density at radius 1 is 1.35 bits per heavy atom. The zero-order chi connectivity index (χ0) is 22.0. The average molecular weight is 429 g/mol. The third-order valence-corrected chi connectivity index (χ3v) is 5.49. The maximum atomic E-state index is 13.3. The number of aromatic amines is 1. The van der Waals surface area contributed by atoms with E-state index < -0.39 is 23.5 Å². The smallest absolute Gasteiger partial charge is 0.320 e. The van der Waals surface area contributed by atoms with Gasteiger partial charge in [0, 0.05) is 6.07 Å². The molecule has 2 aromatic heterocycles. The van der Waals surface area contributed by atoms with Crippen molar-refractivity contribution < 1.29 is 24.1 Å². The quantitative estimate of drug-likeness (QED) is 0.392. The first-order chi connectivity index (χ1) is 14.9. The van der Waals surface area contributed by atoms with E-state index in [2.05, 4.69) is 25.8 Å². The summed E-state index contributed by atoms with van der Waals surface area (Å²) >= 11 is 0. The molecule has 10 heteroatoms. The van der Waals surface area contributed by atoms with Crippen LogP contribution in [-0.2, 0) is 6.61 Å². The van der Waals surface area contributed by atoms with Crippen LogP contribution in [0, 0.1) is 5.82 Å². The molecular formula is C21H24FN5O4. The van der Waals surface area contributed by atoms with Crippen LogP contribution in [-0.4, -0.2) is 43.6 Å². The summed E-state index contributed by atoms with van der Waals surface area (Å²) in [6, 6.07) is 5.96. The van der Waals surface area contributed by atoms with E-state index in [0.717, 1.165) is 6.42 Å². The molecule has 1 fully saturated rings. The van der Waals surface area contributed by atoms with Crippen molar-refractivity contribution in [2.75, 3.05) is 11.9 Å². The maximum Gasteiger partial charge on any atom is 0.320 e. The molecule has 1 saturated carbocycles. The van der Waals surface area contributed by atoms with E-state index in [4.69, 9.17) is 4.74 Å². The van der Waals surface area contributed by atoms with Gasteiger partial charge in [-0.05, 0) is 43.9 Å². The Morgan fingerprint density at radius 3 is 2.71 bits per heavy atom. The van der Waals surface area contributed by atoms with Crippen molar-refractivity contribution in [3.8, 4) is 5.88 Å². The Balaban J connectivity index is 1.56. The topological polar surface area (TPSA) is 132 Å². The summed E-state index contributed by atoms with van der Waals surface area (Å²) in [5.74, 6) is 0.125. The molecule has 0 spiro atoms. The minimum absolute atomic E-state index is 0.194. The van der Waals surface area contributed by atoms with Gasteiger partial charge in [-0.1, -0.05) is 12.1 Å². The molecule has 2 heterocycles. The lowest BCUT2D eigenvalue weighted by Crippen LogP contribution is -2.51. The van der Waals surface area contributed by atoms with Gasteiger partial charge >= 0.3 is 6.03 Å². The fraction of sp³-hybridized carbons (Fsp3) is 0.381. The molecule has 0 radical (unpaired) electrons. The van der Waals surface area contributed by atoms with Crippen LogP contribution in [0.1, 0.15) is 43.5 Å². The highest BCUT2D eigenvalue weighted by atomic mass is 19.1. The number of aromatic nitrogens is 3. The maximum absolute atomic E-state index is 13.3.